The highest BCUT2D eigenvalue weighted by Gasteiger charge is 2.22. The zero-order valence-electron chi connectivity index (χ0n) is 9.50. The van der Waals surface area contributed by atoms with Gasteiger partial charge in [0.15, 0.2) is 0 Å². The topological polar surface area (TPSA) is 63.4 Å². The zero-order chi connectivity index (χ0) is 13.3. The van der Waals surface area contributed by atoms with E-state index in [0.29, 0.717) is 15.7 Å². The number of hydrogen-bond donors (Lipinski definition) is 1. The maximum Gasteiger partial charge on any atom is 0.273 e. The summed E-state index contributed by atoms with van der Waals surface area (Å²) in [6.45, 7) is 0. The third kappa shape index (κ3) is 2.45. The fourth-order valence-electron chi connectivity index (χ4n) is 1.39. The van der Waals surface area contributed by atoms with Crippen LogP contribution in [0.1, 0.15) is 0 Å². The van der Waals surface area contributed by atoms with E-state index in [4.69, 9.17) is 17.3 Å². The van der Waals surface area contributed by atoms with Gasteiger partial charge in [0.2, 0.25) is 0 Å². The zero-order valence-corrected chi connectivity index (χ0v) is 11.9. The summed E-state index contributed by atoms with van der Waals surface area (Å²) in [6, 6.07) is 9.68. The van der Waals surface area contributed by atoms with Crippen molar-refractivity contribution in [2.75, 3.05) is 17.1 Å². The smallest absolute Gasteiger partial charge is 0.273 e. The molecule has 0 aliphatic heterocycles. The van der Waals surface area contributed by atoms with Crippen LogP contribution in [0.5, 0.6) is 0 Å². The summed E-state index contributed by atoms with van der Waals surface area (Å²) in [6.07, 6.45) is 0. The second-order valence-corrected chi connectivity index (χ2v) is 7.53. The predicted molar refractivity (Wildman–Crippen MR) is 75.8 cm³/mol. The van der Waals surface area contributed by atoms with Crippen molar-refractivity contribution in [1.82, 2.24) is 0 Å². The Morgan fingerprint density at radius 2 is 1.78 bits per heavy atom. The molecule has 2 rings (SSSR count). The Labute approximate surface area is 115 Å². The number of rotatable bonds is 3. The molecule has 0 spiro atoms. The molecule has 0 fully saturated rings. The van der Waals surface area contributed by atoms with Crippen LogP contribution in [0, 0.1) is 0 Å². The molecule has 1 heterocycles. The predicted octanol–water partition coefficient (Wildman–Crippen LogP) is 2.81. The highest BCUT2D eigenvalue weighted by molar-refractivity contribution is 7.94. The van der Waals surface area contributed by atoms with Gasteiger partial charge in [-0.25, -0.2) is 8.42 Å². The van der Waals surface area contributed by atoms with Gasteiger partial charge in [0.25, 0.3) is 10.0 Å². The molecule has 2 N–H and O–H groups in total. The van der Waals surface area contributed by atoms with E-state index in [0.717, 1.165) is 11.3 Å². The number of nitrogens with two attached hydrogens (primary N) is 1. The standard InChI is InChI=1S/C11H11ClN2O2S2/c1-14(9-4-2-8(13)3-5-9)18(15,16)11-7-6-10(12)17-11/h2-7H,13H2,1H3. The van der Waals surface area contributed by atoms with Crippen LogP contribution in [-0.2, 0) is 10.0 Å². The van der Waals surface area contributed by atoms with Gasteiger partial charge in [0.05, 0.1) is 10.0 Å². The molecule has 0 saturated carbocycles. The van der Waals surface area contributed by atoms with Crippen LogP contribution in [0.3, 0.4) is 0 Å². The molecular formula is C11H11ClN2O2S2. The Hall–Kier alpha value is -1.24. The molecule has 0 bridgehead atoms. The van der Waals surface area contributed by atoms with Gasteiger partial charge in [0, 0.05) is 12.7 Å². The normalized spacial score (nSPS) is 11.4. The highest BCUT2D eigenvalue weighted by atomic mass is 35.5. The second-order valence-electron chi connectivity index (χ2n) is 3.62. The van der Waals surface area contributed by atoms with Crippen LogP contribution in [0.2, 0.25) is 4.34 Å². The summed E-state index contributed by atoms with van der Waals surface area (Å²) in [5.74, 6) is 0. The molecule has 0 aliphatic carbocycles. The number of benzene rings is 1. The summed E-state index contributed by atoms with van der Waals surface area (Å²) in [5, 5.41) is 0. The van der Waals surface area contributed by atoms with E-state index in [9.17, 15) is 8.42 Å². The van der Waals surface area contributed by atoms with E-state index in [-0.39, 0.29) is 4.21 Å². The Morgan fingerprint density at radius 3 is 2.28 bits per heavy atom. The Bertz CT molecular complexity index is 650. The largest absolute Gasteiger partial charge is 0.399 e. The van der Waals surface area contributed by atoms with Gasteiger partial charge < -0.3 is 5.73 Å². The van der Waals surface area contributed by atoms with Crippen molar-refractivity contribution in [3.05, 3.63) is 40.7 Å². The number of anilines is 2. The van der Waals surface area contributed by atoms with E-state index in [2.05, 4.69) is 0 Å². The summed E-state index contributed by atoms with van der Waals surface area (Å²) < 4.78 is 26.4. The lowest BCUT2D eigenvalue weighted by Crippen LogP contribution is -2.25. The molecule has 0 radical (unpaired) electrons. The third-order valence-corrected chi connectivity index (χ3v) is 5.90. The van der Waals surface area contributed by atoms with E-state index in [1.54, 1.807) is 30.3 Å². The number of nitrogens with zero attached hydrogens (tertiary/aromatic N) is 1. The number of halogens is 1. The first kappa shape index (κ1) is 13.2. The Kier molecular flexibility index (Phi) is 3.52. The summed E-state index contributed by atoms with van der Waals surface area (Å²) in [5.41, 5.74) is 6.70. The molecule has 7 heteroatoms. The van der Waals surface area contributed by atoms with E-state index < -0.39 is 10.0 Å². The minimum absolute atomic E-state index is 0.215. The lowest BCUT2D eigenvalue weighted by atomic mass is 10.3. The lowest BCUT2D eigenvalue weighted by Gasteiger charge is -2.18. The van der Waals surface area contributed by atoms with Gasteiger partial charge in [0.1, 0.15) is 4.21 Å². The van der Waals surface area contributed by atoms with Crippen LogP contribution in [-0.4, -0.2) is 15.5 Å². The first-order valence-corrected chi connectivity index (χ1v) is 7.64. The number of nitrogen functional groups attached to an aromatic ring is 1. The van der Waals surface area contributed by atoms with Crippen LogP contribution < -0.4 is 10.0 Å². The molecule has 2 aromatic rings. The van der Waals surface area contributed by atoms with E-state index >= 15 is 0 Å². The van der Waals surface area contributed by atoms with Crippen LogP contribution in [0.4, 0.5) is 11.4 Å². The molecule has 4 nitrogen and oxygen atoms in total. The van der Waals surface area contributed by atoms with Crippen molar-refractivity contribution in [2.24, 2.45) is 0 Å². The van der Waals surface area contributed by atoms with Crippen molar-refractivity contribution in [2.45, 2.75) is 4.21 Å². The molecule has 1 aromatic carbocycles. The fourth-order valence-corrected chi connectivity index (χ4v) is 4.24. The molecule has 0 saturated heterocycles. The fraction of sp³-hybridized carbons (Fsp3) is 0.0909. The number of thiophene rings is 1. The van der Waals surface area contributed by atoms with E-state index in [1.165, 1.54) is 17.4 Å². The van der Waals surface area contributed by atoms with E-state index in [1.807, 2.05) is 0 Å². The number of sulfonamides is 1. The summed E-state index contributed by atoms with van der Waals surface area (Å²) in [4.78, 5) is 0. The molecule has 0 unspecified atom stereocenters. The van der Waals surface area contributed by atoms with Gasteiger partial charge in [-0.15, -0.1) is 11.3 Å². The average Bonchev–Trinajstić information content (AvgIpc) is 2.76. The summed E-state index contributed by atoms with van der Waals surface area (Å²) >= 11 is 6.79. The first-order chi connectivity index (χ1) is 8.41. The van der Waals surface area contributed by atoms with Crippen LogP contribution in [0.15, 0.2) is 40.6 Å². The van der Waals surface area contributed by atoms with Gasteiger partial charge in [-0.05, 0) is 36.4 Å². The molecular weight excluding hydrogens is 292 g/mol. The maximum absolute atomic E-state index is 12.3. The molecule has 18 heavy (non-hydrogen) atoms. The monoisotopic (exact) mass is 302 g/mol. The van der Waals surface area contributed by atoms with Crippen LogP contribution >= 0.6 is 22.9 Å². The average molecular weight is 303 g/mol. The van der Waals surface area contributed by atoms with Gasteiger partial charge in [-0.3, -0.25) is 4.31 Å². The van der Waals surface area contributed by atoms with Gasteiger partial charge in [-0.1, -0.05) is 11.6 Å². The minimum atomic E-state index is -3.56. The highest BCUT2D eigenvalue weighted by Crippen LogP contribution is 2.30. The quantitative estimate of drug-likeness (QED) is 0.887. The molecule has 96 valence electrons. The Balaban J connectivity index is 2.39. The van der Waals surface area contributed by atoms with Crippen molar-refractivity contribution in [3.8, 4) is 0 Å². The summed E-state index contributed by atoms with van der Waals surface area (Å²) in [7, 11) is -2.06. The van der Waals surface area contributed by atoms with Crippen molar-refractivity contribution < 1.29 is 8.42 Å². The third-order valence-electron chi connectivity index (χ3n) is 2.42. The lowest BCUT2D eigenvalue weighted by molar-refractivity contribution is 0.596. The molecule has 1 aromatic heterocycles. The first-order valence-electron chi connectivity index (χ1n) is 5.01. The molecule has 0 amide bonds. The van der Waals surface area contributed by atoms with Crippen molar-refractivity contribution in [3.63, 3.8) is 0 Å². The van der Waals surface area contributed by atoms with Crippen molar-refractivity contribution >= 4 is 44.3 Å². The SMILES string of the molecule is CN(c1ccc(N)cc1)S(=O)(=O)c1ccc(Cl)s1. The minimum Gasteiger partial charge on any atom is -0.399 e. The van der Waals surface area contributed by atoms with Crippen molar-refractivity contribution in [1.29, 1.82) is 0 Å². The second kappa shape index (κ2) is 4.79. The maximum atomic E-state index is 12.3. The van der Waals surface area contributed by atoms with Gasteiger partial charge >= 0.3 is 0 Å². The Morgan fingerprint density at radius 1 is 1.17 bits per heavy atom. The molecule has 0 atom stereocenters. The number of hydrogen-bond acceptors (Lipinski definition) is 4. The molecule has 0 aliphatic rings. The van der Waals surface area contributed by atoms with Gasteiger partial charge in [-0.2, -0.15) is 0 Å². The van der Waals surface area contributed by atoms with Crippen LogP contribution in [0.25, 0.3) is 0 Å².